The van der Waals surface area contributed by atoms with E-state index in [0.29, 0.717) is 13.0 Å². The third kappa shape index (κ3) is 22.7. The summed E-state index contributed by atoms with van der Waals surface area (Å²) in [7, 11) is 0. The largest absolute Gasteiger partial charge is 0.478 e. The first-order chi connectivity index (χ1) is 10.3. The van der Waals surface area contributed by atoms with Crippen LogP contribution in [0.3, 0.4) is 0 Å². The Morgan fingerprint density at radius 2 is 1.50 bits per heavy atom. The van der Waals surface area contributed by atoms with Gasteiger partial charge in [-0.3, -0.25) is 0 Å². The molecule has 0 rings (SSSR count). The van der Waals surface area contributed by atoms with E-state index < -0.39 is 11.9 Å². The Morgan fingerprint density at radius 1 is 1.05 bits per heavy atom. The number of ether oxygens (including phenoxy) is 2. The standard InChI is InChI=1S/C5H8O3.2C5H8O2/c1-2-5(7)8-4-3-6;1-3-5(6)7-4-2;1-3-4(2)5(6)7/h2,6H,1,3-4H2;3H,1,4H2,2H3;2-3H2,1H3,(H,6,7). The molecule has 0 aliphatic rings. The Balaban J connectivity index is -0.000000247. The Kier molecular flexibility index (Phi) is 20.8. The van der Waals surface area contributed by atoms with Gasteiger partial charge in [0, 0.05) is 17.7 Å². The zero-order valence-electron chi connectivity index (χ0n) is 13.0. The minimum atomic E-state index is -0.900. The van der Waals surface area contributed by atoms with Crippen LogP contribution < -0.4 is 0 Å². The summed E-state index contributed by atoms with van der Waals surface area (Å²) in [6.45, 7) is 13.5. The molecule has 0 spiro atoms. The van der Waals surface area contributed by atoms with Crippen LogP contribution in [0.4, 0.5) is 0 Å². The molecule has 0 amide bonds. The number of aliphatic carboxylic acids is 1. The molecular weight excluding hydrogens is 292 g/mol. The Labute approximate surface area is 130 Å². The van der Waals surface area contributed by atoms with Crippen LogP contribution in [-0.4, -0.2) is 47.9 Å². The maximum Gasteiger partial charge on any atom is 0.330 e. The van der Waals surface area contributed by atoms with Crippen molar-refractivity contribution in [2.45, 2.75) is 20.3 Å². The van der Waals surface area contributed by atoms with Crippen molar-refractivity contribution in [3.8, 4) is 0 Å². The lowest BCUT2D eigenvalue weighted by atomic mass is 10.2. The quantitative estimate of drug-likeness (QED) is 0.540. The van der Waals surface area contributed by atoms with Crippen molar-refractivity contribution in [2.24, 2.45) is 0 Å². The van der Waals surface area contributed by atoms with E-state index >= 15 is 0 Å². The van der Waals surface area contributed by atoms with Crippen LogP contribution in [0.25, 0.3) is 0 Å². The maximum atomic E-state index is 10.1. The molecule has 0 heterocycles. The van der Waals surface area contributed by atoms with Crippen molar-refractivity contribution in [1.82, 2.24) is 0 Å². The average molecular weight is 316 g/mol. The molecule has 22 heavy (non-hydrogen) atoms. The monoisotopic (exact) mass is 316 g/mol. The van der Waals surface area contributed by atoms with Crippen molar-refractivity contribution in [3.05, 3.63) is 37.5 Å². The number of esters is 2. The molecule has 0 aromatic carbocycles. The summed E-state index contributed by atoms with van der Waals surface area (Å²) in [5.41, 5.74) is 0.264. The molecule has 0 saturated carbocycles. The van der Waals surface area contributed by atoms with E-state index in [1.165, 1.54) is 0 Å². The predicted molar refractivity (Wildman–Crippen MR) is 82.1 cm³/mol. The third-order valence-corrected chi connectivity index (χ3v) is 1.68. The first kappa shape index (κ1) is 24.6. The highest BCUT2D eigenvalue weighted by Gasteiger charge is 1.96. The molecule has 0 aromatic heterocycles. The third-order valence-electron chi connectivity index (χ3n) is 1.68. The van der Waals surface area contributed by atoms with E-state index in [2.05, 4.69) is 29.2 Å². The molecule has 7 heteroatoms. The minimum absolute atomic E-state index is 0.0465. The number of carbonyl (C=O) groups excluding carboxylic acids is 2. The number of carboxylic acid groups (broad SMARTS) is 1. The zero-order valence-corrected chi connectivity index (χ0v) is 13.0. The van der Waals surface area contributed by atoms with Gasteiger partial charge in [0.15, 0.2) is 0 Å². The van der Waals surface area contributed by atoms with Gasteiger partial charge in [-0.1, -0.05) is 26.7 Å². The van der Waals surface area contributed by atoms with E-state index in [9.17, 15) is 14.4 Å². The van der Waals surface area contributed by atoms with Crippen LogP contribution in [0.15, 0.2) is 37.5 Å². The van der Waals surface area contributed by atoms with Crippen LogP contribution in [0.1, 0.15) is 20.3 Å². The molecule has 0 fully saturated rings. The lowest BCUT2D eigenvalue weighted by Gasteiger charge is -1.94. The number of carbonyl (C=O) groups is 3. The van der Waals surface area contributed by atoms with Gasteiger partial charge in [0.25, 0.3) is 0 Å². The number of hydrogen-bond donors (Lipinski definition) is 2. The summed E-state index contributed by atoms with van der Waals surface area (Å²) in [6, 6.07) is 0. The van der Waals surface area contributed by atoms with Gasteiger partial charge in [-0.25, -0.2) is 14.4 Å². The molecule has 0 unspecified atom stereocenters. The number of carboxylic acids is 1. The van der Waals surface area contributed by atoms with E-state index in [0.717, 1.165) is 12.2 Å². The van der Waals surface area contributed by atoms with Crippen LogP contribution in [0.5, 0.6) is 0 Å². The lowest BCUT2D eigenvalue weighted by Crippen LogP contribution is -2.04. The Bertz CT molecular complexity index is 370. The van der Waals surface area contributed by atoms with Crippen molar-refractivity contribution in [2.75, 3.05) is 19.8 Å². The second-order valence-corrected chi connectivity index (χ2v) is 3.31. The maximum absolute atomic E-state index is 10.1. The SMILES string of the molecule is C=C(CC)C(=O)O.C=CC(=O)OCC.C=CC(=O)OCCO. The summed E-state index contributed by atoms with van der Waals surface area (Å²) >= 11 is 0. The lowest BCUT2D eigenvalue weighted by molar-refractivity contribution is -0.139. The van der Waals surface area contributed by atoms with Crippen LogP contribution >= 0.6 is 0 Å². The highest BCUT2D eigenvalue weighted by Crippen LogP contribution is 1.93. The van der Waals surface area contributed by atoms with Gasteiger partial charge < -0.3 is 19.7 Å². The van der Waals surface area contributed by atoms with E-state index in [1.54, 1.807) is 13.8 Å². The second kappa shape index (κ2) is 18.6. The Morgan fingerprint density at radius 3 is 1.68 bits per heavy atom. The number of hydrogen-bond acceptors (Lipinski definition) is 6. The van der Waals surface area contributed by atoms with Crippen molar-refractivity contribution >= 4 is 17.9 Å². The summed E-state index contributed by atoms with van der Waals surface area (Å²) < 4.78 is 8.77. The van der Waals surface area contributed by atoms with Crippen LogP contribution in [0.2, 0.25) is 0 Å². The molecule has 0 saturated heterocycles. The average Bonchev–Trinajstić information content (AvgIpc) is 2.52. The summed E-state index contributed by atoms with van der Waals surface area (Å²) in [6.07, 6.45) is 2.72. The summed E-state index contributed by atoms with van der Waals surface area (Å²) in [5, 5.41) is 16.2. The van der Waals surface area contributed by atoms with E-state index in [-0.39, 0.29) is 24.8 Å². The fourth-order valence-corrected chi connectivity index (χ4v) is 0.558. The molecule has 0 bridgehead atoms. The van der Waals surface area contributed by atoms with Gasteiger partial charge in [0.1, 0.15) is 6.61 Å². The van der Waals surface area contributed by atoms with Gasteiger partial charge >= 0.3 is 17.9 Å². The van der Waals surface area contributed by atoms with Gasteiger partial charge in [-0.2, -0.15) is 0 Å². The minimum Gasteiger partial charge on any atom is -0.478 e. The fourth-order valence-electron chi connectivity index (χ4n) is 0.558. The van der Waals surface area contributed by atoms with Crippen molar-refractivity contribution in [1.29, 1.82) is 0 Å². The van der Waals surface area contributed by atoms with Crippen molar-refractivity contribution < 1.29 is 34.1 Å². The van der Waals surface area contributed by atoms with Crippen LogP contribution in [-0.2, 0) is 23.9 Å². The number of rotatable bonds is 7. The van der Waals surface area contributed by atoms with Gasteiger partial charge in [0.05, 0.1) is 13.2 Å². The molecule has 126 valence electrons. The molecule has 0 atom stereocenters. The summed E-state index contributed by atoms with van der Waals surface area (Å²) in [4.78, 5) is 30.0. The smallest absolute Gasteiger partial charge is 0.330 e. The highest BCUT2D eigenvalue weighted by atomic mass is 16.5. The second-order valence-electron chi connectivity index (χ2n) is 3.31. The molecule has 0 aromatic rings. The van der Waals surface area contributed by atoms with Crippen LogP contribution in [0, 0.1) is 0 Å². The fraction of sp³-hybridized carbons (Fsp3) is 0.400. The van der Waals surface area contributed by atoms with Gasteiger partial charge in [-0.05, 0) is 13.3 Å². The van der Waals surface area contributed by atoms with Gasteiger partial charge in [-0.15, -0.1) is 0 Å². The molecular formula is C15H24O7. The first-order valence-corrected chi connectivity index (χ1v) is 6.40. The Hall–Kier alpha value is -2.41. The first-order valence-electron chi connectivity index (χ1n) is 6.40. The highest BCUT2D eigenvalue weighted by molar-refractivity contribution is 5.85. The zero-order chi connectivity index (χ0) is 18.0. The van der Waals surface area contributed by atoms with Gasteiger partial charge in [0.2, 0.25) is 0 Å². The van der Waals surface area contributed by atoms with E-state index in [4.69, 9.17) is 10.2 Å². The molecule has 0 aliphatic heterocycles. The summed E-state index contributed by atoms with van der Waals surface area (Å²) in [5.74, 6) is -1.76. The van der Waals surface area contributed by atoms with E-state index in [1.807, 2.05) is 0 Å². The molecule has 0 radical (unpaired) electrons. The molecule has 0 aliphatic carbocycles. The topological polar surface area (TPSA) is 110 Å². The number of aliphatic hydroxyl groups excluding tert-OH is 1. The normalized spacial score (nSPS) is 7.95. The number of aliphatic hydroxyl groups is 1. The molecule has 2 N–H and O–H groups in total. The predicted octanol–water partition coefficient (Wildman–Crippen LogP) is 1.48. The van der Waals surface area contributed by atoms with Crippen molar-refractivity contribution in [3.63, 3.8) is 0 Å². The molecule has 7 nitrogen and oxygen atoms in total.